The fraction of sp³-hybridized carbons (Fsp3) is 0.158. The average molecular weight is 368 g/mol. The number of hydrazone groups is 1. The zero-order valence-electron chi connectivity index (χ0n) is 13.8. The van der Waals surface area contributed by atoms with Crippen LogP contribution >= 0.6 is 11.6 Å². The van der Waals surface area contributed by atoms with E-state index in [4.69, 9.17) is 11.6 Å². The lowest BCUT2D eigenvalue weighted by Crippen LogP contribution is -2.39. The first-order valence-electron chi connectivity index (χ1n) is 8.06. The van der Waals surface area contributed by atoms with Crippen molar-refractivity contribution in [3.05, 3.63) is 59.6 Å². The molecule has 6 nitrogen and oxygen atoms in total. The SMILES string of the molecule is CC(=O)C1=NN(c2ccc(Cl)cc2)[C@H]2C(=O)N(c3ccccc3)C(=O)[C@@H]12. The van der Waals surface area contributed by atoms with Gasteiger partial charge in [-0.2, -0.15) is 5.10 Å². The highest BCUT2D eigenvalue weighted by Gasteiger charge is 2.58. The number of imide groups is 1. The zero-order chi connectivity index (χ0) is 18.4. The van der Waals surface area contributed by atoms with E-state index in [1.54, 1.807) is 54.6 Å². The van der Waals surface area contributed by atoms with E-state index in [2.05, 4.69) is 5.10 Å². The van der Waals surface area contributed by atoms with Crippen LogP contribution in [0.15, 0.2) is 59.7 Å². The van der Waals surface area contributed by atoms with E-state index in [0.29, 0.717) is 16.4 Å². The Morgan fingerprint density at radius 2 is 1.62 bits per heavy atom. The Morgan fingerprint density at radius 3 is 2.23 bits per heavy atom. The Balaban J connectivity index is 1.80. The Bertz CT molecular complexity index is 940. The molecule has 2 amide bonds. The highest BCUT2D eigenvalue weighted by molar-refractivity contribution is 6.48. The summed E-state index contributed by atoms with van der Waals surface area (Å²) in [6.07, 6.45) is 0. The smallest absolute Gasteiger partial charge is 0.259 e. The zero-order valence-corrected chi connectivity index (χ0v) is 14.6. The molecule has 0 bridgehead atoms. The fourth-order valence-electron chi connectivity index (χ4n) is 3.34. The van der Waals surface area contributed by atoms with Crippen LogP contribution in [0.25, 0.3) is 0 Å². The van der Waals surface area contributed by atoms with Gasteiger partial charge in [-0.25, -0.2) is 4.90 Å². The molecule has 1 saturated heterocycles. The van der Waals surface area contributed by atoms with Crippen LogP contribution in [0.3, 0.4) is 0 Å². The maximum absolute atomic E-state index is 13.1. The summed E-state index contributed by atoms with van der Waals surface area (Å²) < 4.78 is 0. The molecule has 2 aliphatic heterocycles. The molecule has 1 fully saturated rings. The third-order valence-corrected chi connectivity index (χ3v) is 4.77. The molecule has 0 spiro atoms. The highest BCUT2D eigenvalue weighted by atomic mass is 35.5. The molecule has 0 N–H and O–H groups in total. The normalized spacial score (nSPS) is 21.8. The van der Waals surface area contributed by atoms with Crippen molar-refractivity contribution in [1.29, 1.82) is 0 Å². The van der Waals surface area contributed by atoms with E-state index >= 15 is 0 Å². The van der Waals surface area contributed by atoms with Crippen LogP contribution in [0.4, 0.5) is 11.4 Å². The van der Waals surface area contributed by atoms with Crippen LogP contribution in [0.2, 0.25) is 5.02 Å². The molecule has 4 rings (SSSR count). The third-order valence-electron chi connectivity index (χ3n) is 4.52. The van der Waals surface area contributed by atoms with Crippen LogP contribution in [-0.4, -0.2) is 29.4 Å². The summed E-state index contributed by atoms with van der Waals surface area (Å²) in [5, 5.41) is 6.28. The van der Waals surface area contributed by atoms with Gasteiger partial charge in [-0.15, -0.1) is 0 Å². The van der Waals surface area contributed by atoms with Gasteiger partial charge in [0.2, 0.25) is 5.91 Å². The van der Waals surface area contributed by atoms with Gasteiger partial charge in [0.05, 0.1) is 11.4 Å². The van der Waals surface area contributed by atoms with Gasteiger partial charge in [-0.3, -0.25) is 19.4 Å². The van der Waals surface area contributed by atoms with Gasteiger partial charge in [-0.05, 0) is 36.4 Å². The number of carbonyl (C=O) groups excluding carboxylic acids is 3. The second-order valence-corrected chi connectivity index (χ2v) is 6.57. The lowest BCUT2D eigenvalue weighted by atomic mass is 9.95. The van der Waals surface area contributed by atoms with Crippen LogP contribution < -0.4 is 9.91 Å². The Hall–Kier alpha value is -2.99. The Kier molecular flexibility index (Phi) is 3.85. The average Bonchev–Trinajstić information content (AvgIpc) is 3.14. The summed E-state index contributed by atoms with van der Waals surface area (Å²) in [5.74, 6) is -2.07. The highest BCUT2D eigenvalue weighted by Crippen LogP contribution is 2.38. The number of hydrogen-bond donors (Lipinski definition) is 0. The topological polar surface area (TPSA) is 70.1 Å². The fourth-order valence-corrected chi connectivity index (χ4v) is 3.47. The molecule has 7 heteroatoms. The summed E-state index contributed by atoms with van der Waals surface area (Å²) in [6, 6.07) is 14.6. The summed E-state index contributed by atoms with van der Waals surface area (Å²) in [4.78, 5) is 39.2. The second-order valence-electron chi connectivity index (χ2n) is 6.13. The Labute approximate surface area is 154 Å². The predicted octanol–water partition coefficient (Wildman–Crippen LogP) is 2.66. The number of fused-ring (bicyclic) bond motifs is 1. The molecule has 26 heavy (non-hydrogen) atoms. The van der Waals surface area contributed by atoms with Crippen molar-refractivity contribution < 1.29 is 14.4 Å². The summed E-state index contributed by atoms with van der Waals surface area (Å²) in [7, 11) is 0. The number of rotatable bonds is 3. The quantitative estimate of drug-likeness (QED) is 0.782. The number of amides is 2. The van der Waals surface area contributed by atoms with E-state index in [1.165, 1.54) is 11.9 Å². The molecule has 0 aromatic heterocycles. The molecule has 2 aliphatic rings. The first-order chi connectivity index (χ1) is 12.5. The number of ketones is 1. The predicted molar refractivity (Wildman–Crippen MR) is 98.3 cm³/mol. The maximum Gasteiger partial charge on any atom is 0.259 e. The molecule has 2 heterocycles. The van der Waals surface area contributed by atoms with Gasteiger partial charge in [-0.1, -0.05) is 29.8 Å². The molecule has 2 aromatic carbocycles. The molecular formula is C19H14ClN3O3. The number of benzene rings is 2. The number of halogens is 1. The van der Waals surface area contributed by atoms with Crippen molar-refractivity contribution in [2.45, 2.75) is 13.0 Å². The minimum Gasteiger partial charge on any atom is -0.293 e. The van der Waals surface area contributed by atoms with Crippen LogP contribution in [-0.2, 0) is 14.4 Å². The molecule has 0 aliphatic carbocycles. The molecular weight excluding hydrogens is 354 g/mol. The van der Waals surface area contributed by atoms with E-state index in [1.807, 2.05) is 0 Å². The number of nitrogens with zero attached hydrogens (tertiary/aromatic N) is 3. The molecule has 0 unspecified atom stereocenters. The van der Waals surface area contributed by atoms with Crippen molar-refractivity contribution in [3.8, 4) is 0 Å². The van der Waals surface area contributed by atoms with Crippen molar-refractivity contribution in [2.75, 3.05) is 9.91 Å². The van der Waals surface area contributed by atoms with Crippen molar-refractivity contribution in [3.63, 3.8) is 0 Å². The van der Waals surface area contributed by atoms with Gasteiger partial charge in [0.1, 0.15) is 17.7 Å². The summed E-state index contributed by atoms with van der Waals surface area (Å²) in [6.45, 7) is 1.35. The van der Waals surface area contributed by atoms with Crippen molar-refractivity contribution >= 4 is 46.3 Å². The van der Waals surface area contributed by atoms with Gasteiger partial charge >= 0.3 is 0 Å². The maximum atomic E-state index is 13.1. The number of anilines is 2. The lowest BCUT2D eigenvalue weighted by molar-refractivity contribution is -0.122. The minimum absolute atomic E-state index is 0.0988. The molecule has 0 radical (unpaired) electrons. The number of carbonyl (C=O) groups is 3. The van der Waals surface area contributed by atoms with E-state index in [0.717, 1.165) is 4.90 Å². The second kappa shape index (κ2) is 6.07. The van der Waals surface area contributed by atoms with E-state index in [-0.39, 0.29) is 11.5 Å². The van der Waals surface area contributed by atoms with Gasteiger partial charge in [0.25, 0.3) is 5.91 Å². The van der Waals surface area contributed by atoms with Gasteiger partial charge in [0.15, 0.2) is 5.78 Å². The van der Waals surface area contributed by atoms with Crippen LogP contribution in [0.1, 0.15) is 6.92 Å². The van der Waals surface area contributed by atoms with Crippen molar-refractivity contribution in [1.82, 2.24) is 0 Å². The Morgan fingerprint density at radius 1 is 0.962 bits per heavy atom. The van der Waals surface area contributed by atoms with Gasteiger partial charge < -0.3 is 0 Å². The largest absolute Gasteiger partial charge is 0.293 e. The van der Waals surface area contributed by atoms with E-state index in [9.17, 15) is 14.4 Å². The number of para-hydroxylation sites is 1. The third kappa shape index (κ3) is 2.42. The minimum atomic E-state index is -0.907. The van der Waals surface area contributed by atoms with E-state index < -0.39 is 23.8 Å². The molecule has 130 valence electrons. The number of Topliss-reactive ketones (excluding diaryl/α,β-unsaturated/α-hetero) is 1. The van der Waals surface area contributed by atoms with Crippen LogP contribution in [0, 0.1) is 5.92 Å². The monoisotopic (exact) mass is 367 g/mol. The van der Waals surface area contributed by atoms with Crippen molar-refractivity contribution in [2.24, 2.45) is 11.0 Å². The van der Waals surface area contributed by atoms with Gasteiger partial charge in [0, 0.05) is 11.9 Å². The molecule has 0 saturated carbocycles. The first-order valence-corrected chi connectivity index (χ1v) is 8.44. The van der Waals surface area contributed by atoms with Crippen LogP contribution in [0.5, 0.6) is 0 Å². The molecule has 2 atom stereocenters. The summed E-state index contributed by atoms with van der Waals surface area (Å²) in [5.41, 5.74) is 1.18. The first kappa shape index (κ1) is 16.5. The standard InChI is InChI=1S/C19H14ClN3O3/c1-11(24)16-15-17(23(21-16)14-9-7-12(20)8-10-14)19(26)22(18(15)25)13-5-3-2-4-6-13/h2-10,15,17H,1H3/t15-,17+/m0/s1. The lowest BCUT2D eigenvalue weighted by Gasteiger charge is -2.22. The number of hydrogen-bond acceptors (Lipinski definition) is 5. The molecule has 2 aromatic rings. The summed E-state index contributed by atoms with van der Waals surface area (Å²) >= 11 is 5.93.